The van der Waals surface area contributed by atoms with E-state index in [0.29, 0.717) is 16.7 Å². The Bertz CT molecular complexity index is 910. The summed E-state index contributed by atoms with van der Waals surface area (Å²) in [6.45, 7) is 5.55. The molecule has 0 amide bonds. The molecular weight excluding hydrogens is 340 g/mol. The Morgan fingerprint density at radius 1 is 1.12 bits per heavy atom. The van der Waals surface area contributed by atoms with Gasteiger partial charge in [0.2, 0.25) is 0 Å². The van der Waals surface area contributed by atoms with Gasteiger partial charge >= 0.3 is 5.69 Å². The van der Waals surface area contributed by atoms with Crippen molar-refractivity contribution in [2.45, 2.75) is 19.4 Å². The van der Waals surface area contributed by atoms with Crippen LogP contribution in [0, 0.1) is 6.92 Å². The number of aryl methyl sites for hydroxylation is 2. The molecule has 4 heterocycles. The molecule has 0 spiro atoms. The van der Waals surface area contributed by atoms with Gasteiger partial charge < -0.3 is 14.7 Å². The number of piperazine rings is 1. The molecule has 2 aromatic rings. The molecule has 0 saturated carbocycles. The second-order valence-electron chi connectivity index (χ2n) is 7.16. The summed E-state index contributed by atoms with van der Waals surface area (Å²) in [5.74, 6) is 0.729. The van der Waals surface area contributed by atoms with Crippen molar-refractivity contribution >= 4 is 34.1 Å². The van der Waals surface area contributed by atoms with Gasteiger partial charge in [-0.05, 0) is 20.4 Å². The van der Waals surface area contributed by atoms with Gasteiger partial charge in [-0.2, -0.15) is 4.98 Å². The van der Waals surface area contributed by atoms with Crippen molar-refractivity contribution in [3.63, 3.8) is 0 Å². The van der Waals surface area contributed by atoms with Crippen molar-refractivity contribution in [2.24, 2.45) is 7.05 Å². The smallest absolute Gasteiger partial charge is 0.350 e. The number of pyridine rings is 1. The Hall–Kier alpha value is -1.86. The predicted molar refractivity (Wildman–Crippen MR) is 101 cm³/mol. The molecule has 1 saturated heterocycles. The number of anilines is 2. The molecule has 7 nitrogen and oxygen atoms in total. The van der Waals surface area contributed by atoms with Crippen LogP contribution in [-0.2, 0) is 7.05 Å². The minimum absolute atomic E-state index is 0.274. The van der Waals surface area contributed by atoms with Crippen LogP contribution in [0.3, 0.4) is 0 Å². The number of hydrogen-bond donors (Lipinski definition) is 0. The first-order valence-corrected chi connectivity index (χ1v) is 8.99. The third-order valence-corrected chi connectivity index (χ3v) is 5.88. The lowest BCUT2D eigenvalue weighted by Gasteiger charge is -2.43. The molecule has 0 radical (unpaired) electrons. The number of aromatic nitrogens is 3. The summed E-state index contributed by atoms with van der Waals surface area (Å²) in [6, 6.07) is 0.331. The highest BCUT2D eigenvalue weighted by Crippen LogP contribution is 2.41. The van der Waals surface area contributed by atoms with E-state index >= 15 is 0 Å². The summed E-state index contributed by atoms with van der Waals surface area (Å²) in [4.78, 5) is 28.4. The lowest BCUT2D eigenvalue weighted by molar-refractivity contribution is 0.260. The van der Waals surface area contributed by atoms with Crippen molar-refractivity contribution in [1.82, 2.24) is 19.4 Å². The van der Waals surface area contributed by atoms with E-state index in [-0.39, 0.29) is 5.69 Å². The minimum Gasteiger partial charge on any atom is -0.373 e. The van der Waals surface area contributed by atoms with Gasteiger partial charge in [-0.1, -0.05) is 11.6 Å². The zero-order valence-electron chi connectivity index (χ0n) is 15.1. The van der Waals surface area contributed by atoms with Gasteiger partial charge in [0.25, 0.3) is 0 Å². The number of nitrogens with zero attached hydrogens (tertiary/aromatic N) is 6. The maximum Gasteiger partial charge on any atom is 0.350 e. The Morgan fingerprint density at radius 2 is 1.88 bits per heavy atom. The van der Waals surface area contributed by atoms with E-state index in [1.54, 1.807) is 7.05 Å². The Morgan fingerprint density at radius 3 is 2.64 bits per heavy atom. The van der Waals surface area contributed by atoms with E-state index in [1.165, 1.54) is 4.57 Å². The van der Waals surface area contributed by atoms with Crippen LogP contribution in [0.1, 0.15) is 12.1 Å². The lowest BCUT2D eigenvalue weighted by atomic mass is 10.0. The molecule has 1 unspecified atom stereocenters. The van der Waals surface area contributed by atoms with E-state index in [4.69, 9.17) is 11.6 Å². The zero-order chi connectivity index (χ0) is 17.9. The van der Waals surface area contributed by atoms with Crippen LogP contribution in [0.2, 0.25) is 5.02 Å². The van der Waals surface area contributed by atoms with E-state index in [2.05, 4.69) is 38.8 Å². The van der Waals surface area contributed by atoms with Crippen LogP contribution in [0.5, 0.6) is 0 Å². The summed E-state index contributed by atoms with van der Waals surface area (Å²) >= 11 is 6.64. The standard InChI is InChI=1S/C17H23ClN6O/c1-10-13(18)14-12-15(19-10)23(4)17(25)20-16(12)24-8-7-21(2)9-11(24)5-6-22(14)3/h11H,5-9H2,1-4H3. The molecule has 25 heavy (non-hydrogen) atoms. The fourth-order valence-corrected chi connectivity index (χ4v) is 4.25. The van der Waals surface area contributed by atoms with E-state index in [9.17, 15) is 4.79 Å². The molecule has 2 aliphatic heterocycles. The van der Waals surface area contributed by atoms with Gasteiger partial charge in [0.15, 0.2) is 0 Å². The molecule has 0 bridgehead atoms. The number of likely N-dealkylation sites (N-methyl/N-ethyl adjacent to an activating group) is 1. The maximum absolute atomic E-state index is 12.5. The second kappa shape index (κ2) is 5.85. The van der Waals surface area contributed by atoms with Crippen molar-refractivity contribution in [3.05, 3.63) is 21.2 Å². The van der Waals surface area contributed by atoms with Gasteiger partial charge in [-0.3, -0.25) is 4.57 Å². The van der Waals surface area contributed by atoms with Crippen LogP contribution in [0.25, 0.3) is 11.0 Å². The van der Waals surface area contributed by atoms with E-state index < -0.39 is 0 Å². The third-order valence-electron chi connectivity index (χ3n) is 5.43. The Balaban J connectivity index is 2.09. The zero-order valence-corrected chi connectivity index (χ0v) is 15.8. The first-order chi connectivity index (χ1) is 11.9. The molecular formula is C17H23ClN6O. The Labute approximate surface area is 151 Å². The lowest BCUT2D eigenvalue weighted by Crippen LogP contribution is -2.54. The molecule has 0 aromatic carbocycles. The summed E-state index contributed by atoms with van der Waals surface area (Å²) in [7, 11) is 5.92. The number of fused-ring (bicyclic) bond motifs is 2. The molecule has 134 valence electrons. The summed E-state index contributed by atoms with van der Waals surface area (Å²) in [6.07, 6.45) is 0.996. The maximum atomic E-state index is 12.5. The molecule has 0 N–H and O–H groups in total. The van der Waals surface area contributed by atoms with Gasteiger partial charge in [0.1, 0.15) is 11.5 Å². The minimum atomic E-state index is -0.274. The fourth-order valence-electron chi connectivity index (χ4n) is 3.97. The third kappa shape index (κ3) is 2.48. The van der Waals surface area contributed by atoms with Gasteiger partial charge in [-0.25, -0.2) is 9.78 Å². The number of halogens is 1. The number of rotatable bonds is 0. The first kappa shape index (κ1) is 16.6. The predicted octanol–water partition coefficient (Wildman–Crippen LogP) is 1.25. The van der Waals surface area contributed by atoms with E-state index in [1.807, 2.05) is 6.92 Å². The highest BCUT2D eigenvalue weighted by atomic mass is 35.5. The largest absolute Gasteiger partial charge is 0.373 e. The number of hydrogen-bond acceptors (Lipinski definition) is 6. The van der Waals surface area contributed by atoms with E-state index in [0.717, 1.165) is 55.2 Å². The van der Waals surface area contributed by atoms with Crippen molar-refractivity contribution in [3.8, 4) is 0 Å². The molecule has 0 aliphatic carbocycles. The molecule has 2 aliphatic rings. The molecule has 8 heteroatoms. The van der Waals surface area contributed by atoms with Crippen LogP contribution in [0.4, 0.5) is 11.5 Å². The Kier molecular flexibility index (Phi) is 3.88. The van der Waals surface area contributed by atoms with Crippen molar-refractivity contribution < 1.29 is 0 Å². The summed E-state index contributed by atoms with van der Waals surface area (Å²) in [5.41, 5.74) is 2.04. The second-order valence-corrected chi connectivity index (χ2v) is 7.53. The first-order valence-electron chi connectivity index (χ1n) is 8.61. The van der Waals surface area contributed by atoms with Gasteiger partial charge in [0.05, 0.1) is 21.8 Å². The molecule has 1 atom stereocenters. The van der Waals surface area contributed by atoms with Crippen molar-refractivity contribution in [2.75, 3.05) is 50.1 Å². The molecule has 1 fully saturated rings. The highest BCUT2D eigenvalue weighted by molar-refractivity contribution is 6.35. The molecule has 4 rings (SSSR count). The van der Waals surface area contributed by atoms with Crippen LogP contribution >= 0.6 is 11.6 Å². The molecule has 2 aromatic heterocycles. The highest BCUT2D eigenvalue weighted by Gasteiger charge is 2.33. The quantitative estimate of drug-likeness (QED) is 0.703. The topological polar surface area (TPSA) is 57.5 Å². The normalized spacial score (nSPS) is 21.2. The van der Waals surface area contributed by atoms with Crippen molar-refractivity contribution in [1.29, 1.82) is 0 Å². The van der Waals surface area contributed by atoms with Gasteiger partial charge in [-0.15, -0.1) is 0 Å². The van der Waals surface area contributed by atoms with Gasteiger partial charge in [0, 0.05) is 46.3 Å². The summed E-state index contributed by atoms with van der Waals surface area (Å²) < 4.78 is 1.52. The summed E-state index contributed by atoms with van der Waals surface area (Å²) in [5, 5.41) is 1.53. The van der Waals surface area contributed by atoms with Crippen LogP contribution in [0.15, 0.2) is 4.79 Å². The average molecular weight is 363 g/mol. The van der Waals surface area contributed by atoms with Crippen LogP contribution < -0.4 is 15.5 Å². The SMILES string of the molecule is Cc1nc2c3c(nc(=O)n2C)N2CCN(C)CC2CCN(C)c3c1Cl. The monoisotopic (exact) mass is 362 g/mol. The average Bonchev–Trinajstić information content (AvgIpc) is 2.57. The van der Waals surface area contributed by atoms with Crippen LogP contribution in [-0.4, -0.2) is 65.8 Å². The fraction of sp³-hybridized carbons (Fsp3) is 0.588.